The van der Waals surface area contributed by atoms with Crippen LogP contribution in [0.2, 0.25) is 0 Å². The molecule has 1 unspecified atom stereocenters. The summed E-state index contributed by atoms with van der Waals surface area (Å²) in [6.07, 6.45) is 4.96. The van der Waals surface area contributed by atoms with Gasteiger partial charge in [0.2, 0.25) is 5.91 Å². The number of amides is 1. The molecule has 2 aromatic heterocycles. The van der Waals surface area contributed by atoms with Gasteiger partial charge in [-0.05, 0) is 44.4 Å². The van der Waals surface area contributed by atoms with Crippen molar-refractivity contribution in [2.24, 2.45) is 0 Å². The number of aromatic nitrogens is 3. The monoisotopic (exact) mass is 328 g/mol. The first-order valence-electron chi connectivity index (χ1n) is 8.16. The molecule has 6 heteroatoms. The number of hydrogen-bond acceptors (Lipinski definition) is 4. The lowest BCUT2D eigenvalue weighted by molar-refractivity contribution is -0.132. The summed E-state index contributed by atoms with van der Waals surface area (Å²) in [4.78, 5) is 37.3. The summed E-state index contributed by atoms with van der Waals surface area (Å²) >= 11 is 0. The first-order chi connectivity index (χ1) is 11.4. The molecule has 0 aliphatic heterocycles. The third-order valence-electron chi connectivity index (χ3n) is 4.27. The van der Waals surface area contributed by atoms with E-state index in [1.54, 1.807) is 38.2 Å². The van der Waals surface area contributed by atoms with Crippen molar-refractivity contribution in [2.75, 3.05) is 7.05 Å². The number of aromatic amines is 1. The van der Waals surface area contributed by atoms with Crippen LogP contribution in [0.25, 0.3) is 0 Å². The maximum Gasteiger partial charge on any atom is 0.254 e. The minimum absolute atomic E-state index is 0.0102. The van der Waals surface area contributed by atoms with Crippen molar-refractivity contribution in [3.63, 3.8) is 0 Å². The molecule has 1 amide bonds. The molecule has 0 bridgehead atoms. The van der Waals surface area contributed by atoms with E-state index in [1.807, 2.05) is 19.1 Å². The molecule has 128 valence electrons. The minimum atomic E-state index is -0.156. The summed E-state index contributed by atoms with van der Waals surface area (Å²) in [6.45, 7) is 5.60. The Morgan fingerprint density at radius 3 is 2.54 bits per heavy atom. The van der Waals surface area contributed by atoms with Crippen molar-refractivity contribution in [2.45, 2.75) is 46.1 Å². The Labute approximate surface area is 142 Å². The van der Waals surface area contributed by atoms with E-state index in [0.29, 0.717) is 23.5 Å². The van der Waals surface area contributed by atoms with Gasteiger partial charge >= 0.3 is 0 Å². The van der Waals surface area contributed by atoms with Gasteiger partial charge in [-0.2, -0.15) is 0 Å². The quantitative estimate of drug-likeness (QED) is 0.882. The standard InChI is InChI=1S/C18H24N4O2/c1-5-16(14-8-10-19-11-9-14)22(4)17(23)7-6-15-12(2)20-13(3)21-18(15)24/h8-11,16H,5-7H2,1-4H3,(H,20,21,24). The molecule has 6 nitrogen and oxygen atoms in total. The Bertz CT molecular complexity index is 755. The van der Waals surface area contributed by atoms with Gasteiger partial charge in [0.15, 0.2) is 0 Å². The first-order valence-corrected chi connectivity index (χ1v) is 8.16. The molecule has 0 aliphatic rings. The van der Waals surface area contributed by atoms with E-state index >= 15 is 0 Å². The Morgan fingerprint density at radius 1 is 1.29 bits per heavy atom. The number of aryl methyl sites for hydroxylation is 2. The summed E-state index contributed by atoms with van der Waals surface area (Å²) in [6, 6.07) is 3.86. The molecule has 24 heavy (non-hydrogen) atoms. The third-order valence-corrected chi connectivity index (χ3v) is 4.27. The molecule has 1 N–H and O–H groups in total. The molecule has 2 rings (SSSR count). The van der Waals surface area contributed by atoms with Crippen molar-refractivity contribution in [1.82, 2.24) is 19.9 Å². The molecule has 0 aromatic carbocycles. The molecule has 1 atom stereocenters. The maximum atomic E-state index is 12.6. The Hall–Kier alpha value is -2.50. The van der Waals surface area contributed by atoms with Gasteiger partial charge in [0, 0.05) is 37.1 Å². The highest BCUT2D eigenvalue weighted by atomic mass is 16.2. The second-order valence-electron chi connectivity index (χ2n) is 5.92. The van der Waals surface area contributed by atoms with Crippen molar-refractivity contribution in [3.05, 3.63) is 57.5 Å². The topological polar surface area (TPSA) is 79.0 Å². The number of nitrogens with one attached hydrogen (secondary N) is 1. The van der Waals surface area contributed by atoms with E-state index in [9.17, 15) is 9.59 Å². The minimum Gasteiger partial charge on any atom is -0.339 e. The summed E-state index contributed by atoms with van der Waals surface area (Å²) in [7, 11) is 1.81. The molecule has 0 aliphatic carbocycles. The molecule has 0 saturated carbocycles. The van der Waals surface area contributed by atoms with Gasteiger partial charge in [-0.25, -0.2) is 4.98 Å². The van der Waals surface area contributed by atoms with Crippen LogP contribution in [0, 0.1) is 13.8 Å². The zero-order chi connectivity index (χ0) is 17.7. The second kappa shape index (κ2) is 7.86. The summed E-state index contributed by atoms with van der Waals surface area (Å²) in [5, 5.41) is 0. The summed E-state index contributed by atoms with van der Waals surface area (Å²) in [5.74, 6) is 0.603. The molecular formula is C18H24N4O2. The van der Waals surface area contributed by atoms with Gasteiger partial charge in [0.05, 0.1) is 6.04 Å². The van der Waals surface area contributed by atoms with Crippen LogP contribution in [0.3, 0.4) is 0 Å². The normalized spacial score (nSPS) is 12.0. The SMILES string of the molecule is CCC(c1ccncc1)N(C)C(=O)CCc1c(C)nc(C)[nH]c1=O. The van der Waals surface area contributed by atoms with Gasteiger partial charge in [-0.3, -0.25) is 14.6 Å². The van der Waals surface area contributed by atoms with Gasteiger partial charge < -0.3 is 9.88 Å². The number of nitrogens with zero attached hydrogens (tertiary/aromatic N) is 3. The third kappa shape index (κ3) is 4.07. The van der Waals surface area contributed by atoms with Crippen LogP contribution < -0.4 is 5.56 Å². The van der Waals surface area contributed by atoms with Crippen molar-refractivity contribution >= 4 is 5.91 Å². The van der Waals surface area contributed by atoms with Gasteiger partial charge in [0.1, 0.15) is 5.82 Å². The van der Waals surface area contributed by atoms with Crippen LogP contribution in [-0.4, -0.2) is 32.8 Å². The molecule has 0 spiro atoms. The van der Waals surface area contributed by atoms with Crippen LogP contribution in [0.4, 0.5) is 0 Å². The van der Waals surface area contributed by atoms with Gasteiger partial charge in [0.25, 0.3) is 5.56 Å². The number of pyridine rings is 1. The molecule has 0 fully saturated rings. The van der Waals surface area contributed by atoms with Gasteiger partial charge in [-0.1, -0.05) is 6.92 Å². The number of carbonyl (C=O) groups is 1. The fourth-order valence-electron chi connectivity index (χ4n) is 2.95. The maximum absolute atomic E-state index is 12.6. The highest BCUT2D eigenvalue weighted by molar-refractivity contribution is 5.76. The van der Waals surface area contributed by atoms with Crippen molar-refractivity contribution in [3.8, 4) is 0 Å². The zero-order valence-corrected chi connectivity index (χ0v) is 14.7. The average molecular weight is 328 g/mol. The Balaban J connectivity index is 2.08. The second-order valence-corrected chi connectivity index (χ2v) is 5.92. The van der Waals surface area contributed by atoms with Crippen LogP contribution in [0.1, 0.15) is 48.5 Å². The summed E-state index contributed by atoms with van der Waals surface area (Å²) in [5.41, 5.74) is 2.18. The lowest BCUT2D eigenvalue weighted by Gasteiger charge is -2.27. The number of hydrogen-bond donors (Lipinski definition) is 1. The van der Waals surface area contributed by atoms with Crippen LogP contribution >= 0.6 is 0 Å². The fraction of sp³-hybridized carbons (Fsp3) is 0.444. The number of H-pyrrole nitrogens is 1. The van der Waals surface area contributed by atoms with E-state index in [4.69, 9.17) is 0 Å². The van der Waals surface area contributed by atoms with Gasteiger partial charge in [-0.15, -0.1) is 0 Å². The van der Waals surface area contributed by atoms with Crippen molar-refractivity contribution in [1.29, 1.82) is 0 Å². The Morgan fingerprint density at radius 2 is 1.96 bits per heavy atom. The van der Waals surface area contributed by atoms with E-state index in [1.165, 1.54) is 0 Å². The largest absolute Gasteiger partial charge is 0.339 e. The molecular weight excluding hydrogens is 304 g/mol. The van der Waals surface area contributed by atoms with E-state index < -0.39 is 0 Å². The number of carbonyl (C=O) groups excluding carboxylic acids is 1. The molecule has 0 saturated heterocycles. The highest BCUT2D eigenvalue weighted by Gasteiger charge is 2.20. The lowest BCUT2D eigenvalue weighted by Crippen LogP contribution is -2.31. The summed E-state index contributed by atoms with van der Waals surface area (Å²) < 4.78 is 0. The van der Waals surface area contributed by atoms with E-state index in [-0.39, 0.29) is 23.9 Å². The lowest BCUT2D eigenvalue weighted by atomic mass is 10.0. The predicted molar refractivity (Wildman–Crippen MR) is 92.7 cm³/mol. The Kier molecular flexibility index (Phi) is 5.84. The van der Waals surface area contributed by atoms with E-state index in [0.717, 1.165) is 12.0 Å². The molecule has 2 aromatic rings. The smallest absolute Gasteiger partial charge is 0.254 e. The van der Waals surface area contributed by atoms with Crippen LogP contribution in [0.5, 0.6) is 0 Å². The molecule has 2 heterocycles. The average Bonchev–Trinajstić information content (AvgIpc) is 2.55. The zero-order valence-electron chi connectivity index (χ0n) is 14.7. The van der Waals surface area contributed by atoms with Crippen molar-refractivity contribution < 1.29 is 4.79 Å². The van der Waals surface area contributed by atoms with Crippen LogP contribution in [-0.2, 0) is 11.2 Å². The first kappa shape index (κ1) is 17.8. The fourth-order valence-corrected chi connectivity index (χ4v) is 2.95. The predicted octanol–water partition coefficient (Wildman–Crippen LogP) is 2.32. The molecule has 0 radical (unpaired) electrons. The van der Waals surface area contributed by atoms with E-state index in [2.05, 4.69) is 15.0 Å². The highest BCUT2D eigenvalue weighted by Crippen LogP contribution is 2.23. The van der Waals surface area contributed by atoms with Crippen LogP contribution in [0.15, 0.2) is 29.3 Å². The number of rotatable bonds is 6.